The van der Waals surface area contributed by atoms with E-state index in [2.05, 4.69) is 4.98 Å². The summed E-state index contributed by atoms with van der Waals surface area (Å²) in [7, 11) is 0. The number of rotatable bonds is 2. The van der Waals surface area contributed by atoms with E-state index in [4.69, 9.17) is 0 Å². The molecule has 2 aliphatic rings. The number of carbonyl (C=O) groups excluding carboxylic acids is 1. The lowest BCUT2D eigenvalue weighted by Crippen LogP contribution is -2.49. The van der Waals surface area contributed by atoms with Crippen LogP contribution in [0, 0.1) is 16.0 Å². The molecule has 0 unspecified atom stereocenters. The number of aromatic nitrogens is 1. The van der Waals surface area contributed by atoms with Gasteiger partial charge in [-0.3, -0.25) is 14.9 Å². The van der Waals surface area contributed by atoms with Crippen LogP contribution in [0.5, 0.6) is 0 Å². The SMILES string of the molecule is O=C(c1cc2cccc([N+](=O)[O-])c2[nH]1)N1CCC[C@@H]2CCCC[C@@H]21. The fourth-order valence-corrected chi connectivity index (χ4v) is 4.44. The number of nitro groups is 1. The van der Waals surface area contributed by atoms with Crippen molar-refractivity contribution in [2.75, 3.05) is 6.54 Å². The quantitative estimate of drug-likeness (QED) is 0.671. The second-order valence-corrected chi connectivity index (χ2v) is 6.93. The maximum atomic E-state index is 13.0. The highest BCUT2D eigenvalue weighted by atomic mass is 16.6. The van der Waals surface area contributed by atoms with Gasteiger partial charge in [0.1, 0.15) is 11.2 Å². The van der Waals surface area contributed by atoms with E-state index in [0.29, 0.717) is 28.6 Å². The molecule has 1 aliphatic heterocycles. The first-order valence-corrected chi connectivity index (χ1v) is 8.72. The van der Waals surface area contributed by atoms with E-state index < -0.39 is 4.92 Å². The summed E-state index contributed by atoms with van der Waals surface area (Å²) in [6, 6.07) is 7.00. The van der Waals surface area contributed by atoms with Crippen molar-refractivity contribution in [3.63, 3.8) is 0 Å². The number of carbonyl (C=O) groups is 1. The largest absolute Gasteiger partial charge is 0.345 e. The molecule has 1 saturated carbocycles. The van der Waals surface area contributed by atoms with Gasteiger partial charge in [0.25, 0.3) is 11.6 Å². The lowest BCUT2D eigenvalue weighted by atomic mass is 9.78. The van der Waals surface area contributed by atoms with Crippen LogP contribution < -0.4 is 0 Å². The molecule has 4 rings (SSSR count). The van der Waals surface area contributed by atoms with Crippen molar-refractivity contribution >= 4 is 22.5 Å². The highest BCUT2D eigenvalue weighted by Gasteiger charge is 2.36. The van der Waals surface area contributed by atoms with Crippen LogP contribution >= 0.6 is 0 Å². The van der Waals surface area contributed by atoms with Crippen molar-refractivity contribution in [2.45, 2.75) is 44.6 Å². The van der Waals surface area contributed by atoms with Crippen LogP contribution in [-0.2, 0) is 0 Å². The Balaban J connectivity index is 1.68. The molecule has 2 fully saturated rings. The Bertz CT molecular complexity index is 796. The zero-order valence-electron chi connectivity index (χ0n) is 13.5. The predicted molar refractivity (Wildman–Crippen MR) is 91.0 cm³/mol. The second-order valence-electron chi connectivity index (χ2n) is 6.93. The number of aromatic amines is 1. The molecular weight excluding hydrogens is 306 g/mol. The molecule has 0 radical (unpaired) electrons. The summed E-state index contributed by atoms with van der Waals surface area (Å²) in [6.07, 6.45) is 7.01. The summed E-state index contributed by atoms with van der Waals surface area (Å²) in [5, 5.41) is 11.9. The number of fused-ring (bicyclic) bond motifs is 2. The van der Waals surface area contributed by atoms with Gasteiger partial charge in [-0.25, -0.2) is 0 Å². The van der Waals surface area contributed by atoms with Gasteiger partial charge in [-0.05, 0) is 37.7 Å². The summed E-state index contributed by atoms with van der Waals surface area (Å²) in [4.78, 5) is 28.8. The van der Waals surface area contributed by atoms with Gasteiger partial charge < -0.3 is 9.88 Å². The van der Waals surface area contributed by atoms with Gasteiger partial charge in [0, 0.05) is 24.0 Å². The Morgan fingerprint density at radius 1 is 1.21 bits per heavy atom. The van der Waals surface area contributed by atoms with Crippen LogP contribution in [0.3, 0.4) is 0 Å². The van der Waals surface area contributed by atoms with E-state index in [-0.39, 0.29) is 11.6 Å². The number of likely N-dealkylation sites (tertiary alicyclic amines) is 1. The van der Waals surface area contributed by atoms with E-state index in [1.54, 1.807) is 18.2 Å². The Labute approximate surface area is 140 Å². The van der Waals surface area contributed by atoms with Crippen LogP contribution in [0.25, 0.3) is 10.9 Å². The molecule has 1 saturated heterocycles. The van der Waals surface area contributed by atoms with E-state index >= 15 is 0 Å². The van der Waals surface area contributed by atoms with Crippen LogP contribution in [0.15, 0.2) is 24.3 Å². The molecule has 2 heterocycles. The van der Waals surface area contributed by atoms with Crippen LogP contribution in [-0.4, -0.2) is 33.3 Å². The number of benzene rings is 1. The second kappa shape index (κ2) is 5.92. The Kier molecular flexibility index (Phi) is 3.75. The first-order valence-electron chi connectivity index (χ1n) is 8.72. The first-order chi connectivity index (χ1) is 11.6. The molecule has 6 nitrogen and oxygen atoms in total. The summed E-state index contributed by atoms with van der Waals surface area (Å²) in [6.45, 7) is 0.789. The fraction of sp³-hybridized carbons (Fsp3) is 0.500. The maximum Gasteiger partial charge on any atom is 0.293 e. The third kappa shape index (κ3) is 2.46. The van der Waals surface area contributed by atoms with Gasteiger partial charge in [0.15, 0.2) is 0 Å². The summed E-state index contributed by atoms with van der Waals surface area (Å²) in [5.41, 5.74) is 0.911. The van der Waals surface area contributed by atoms with Crippen molar-refractivity contribution in [1.29, 1.82) is 0 Å². The number of nitrogens with one attached hydrogen (secondary N) is 1. The molecular formula is C18H21N3O3. The van der Waals surface area contributed by atoms with Crippen molar-refractivity contribution in [2.24, 2.45) is 5.92 Å². The zero-order chi connectivity index (χ0) is 16.7. The number of hydrogen-bond donors (Lipinski definition) is 1. The smallest absolute Gasteiger partial charge is 0.293 e. The predicted octanol–water partition coefficient (Wildman–Crippen LogP) is 3.87. The van der Waals surface area contributed by atoms with E-state index in [9.17, 15) is 14.9 Å². The van der Waals surface area contributed by atoms with Gasteiger partial charge in [0.2, 0.25) is 0 Å². The molecule has 1 aliphatic carbocycles. The molecule has 1 aromatic carbocycles. The number of nitrogens with zero attached hydrogens (tertiary/aromatic N) is 2. The highest BCUT2D eigenvalue weighted by Crippen LogP contribution is 2.36. The van der Waals surface area contributed by atoms with Gasteiger partial charge in [-0.15, -0.1) is 0 Å². The molecule has 0 spiro atoms. The third-order valence-corrected chi connectivity index (χ3v) is 5.57. The first kappa shape index (κ1) is 15.2. The zero-order valence-corrected chi connectivity index (χ0v) is 13.5. The van der Waals surface area contributed by atoms with Gasteiger partial charge in [-0.1, -0.05) is 25.0 Å². The molecule has 2 aromatic rings. The van der Waals surface area contributed by atoms with Gasteiger partial charge in [-0.2, -0.15) is 0 Å². The van der Waals surface area contributed by atoms with Gasteiger partial charge in [0.05, 0.1) is 4.92 Å². The summed E-state index contributed by atoms with van der Waals surface area (Å²) >= 11 is 0. The van der Waals surface area contributed by atoms with Crippen molar-refractivity contribution in [3.05, 3.63) is 40.1 Å². The Morgan fingerprint density at radius 3 is 2.83 bits per heavy atom. The molecule has 126 valence electrons. The normalized spacial score (nSPS) is 23.9. The minimum Gasteiger partial charge on any atom is -0.345 e. The average Bonchev–Trinajstić information content (AvgIpc) is 3.04. The van der Waals surface area contributed by atoms with Crippen molar-refractivity contribution < 1.29 is 9.72 Å². The number of nitro benzene ring substituents is 1. The molecule has 24 heavy (non-hydrogen) atoms. The minimum absolute atomic E-state index is 0.0146. The fourth-order valence-electron chi connectivity index (χ4n) is 4.44. The van der Waals surface area contributed by atoms with Crippen LogP contribution in [0.1, 0.15) is 49.0 Å². The number of amides is 1. The number of H-pyrrole nitrogens is 1. The topological polar surface area (TPSA) is 79.2 Å². The van der Waals surface area contributed by atoms with Crippen molar-refractivity contribution in [3.8, 4) is 0 Å². The number of piperidine rings is 1. The van der Waals surface area contributed by atoms with E-state index in [0.717, 1.165) is 19.4 Å². The molecule has 1 N–H and O–H groups in total. The van der Waals surface area contributed by atoms with Gasteiger partial charge >= 0.3 is 0 Å². The highest BCUT2D eigenvalue weighted by molar-refractivity contribution is 6.00. The average molecular weight is 327 g/mol. The number of para-hydroxylation sites is 1. The monoisotopic (exact) mass is 327 g/mol. The molecule has 0 bridgehead atoms. The number of hydrogen-bond acceptors (Lipinski definition) is 3. The third-order valence-electron chi connectivity index (χ3n) is 5.57. The molecule has 2 atom stereocenters. The minimum atomic E-state index is -0.412. The standard InChI is InChI=1S/C18H21N3O3/c22-18(20-10-4-7-12-5-1-2-8-15(12)20)14-11-13-6-3-9-16(21(23)24)17(13)19-14/h3,6,9,11-12,15,19H,1-2,4-5,7-8,10H2/t12-,15-/m0/s1. The van der Waals surface area contributed by atoms with E-state index in [1.807, 2.05) is 4.90 Å². The Hall–Kier alpha value is -2.37. The summed E-state index contributed by atoms with van der Waals surface area (Å²) in [5.74, 6) is 0.604. The maximum absolute atomic E-state index is 13.0. The molecule has 1 aromatic heterocycles. The van der Waals surface area contributed by atoms with Crippen LogP contribution in [0.2, 0.25) is 0 Å². The summed E-state index contributed by atoms with van der Waals surface area (Å²) < 4.78 is 0. The molecule has 1 amide bonds. The van der Waals surface area contributed by atoms with Crippen LogP contribution in [0.4, 0.5) is 5.69 Å². The number of non-ortho nitro benzene ring substituents is 1. The molecule has 6 heteroatoms. The lowest BCUT2D eigenvalue weighted by molar-refractivity contribution is -0.383. The van der Waals surface area contributed by atoms with E-state index in [1.165, 1.54) is 31.7 Å². The van der Waals surface area contributed by atoms with Crippen molar-refractivity contribution in [1.82, 2.24) is 9.88 Å². The Morgan fingerprint density at radius 2 is 2.00 bits per heavy atom. The lowest BCUT2D eigenvalue weighted by Gasteiger charge is -2.44.